The normalized spacial score (nSPS) is 22.8. The first-order valence-electron chi connectivity index (χ1n) is 8.43. The second kappa shape index (κ2) is 7.78. The smallest absolute Gasteiger partial charge is 0.239 e. The van der Waals surface area contributed by atoms with Crippen molar-refractivity contribution in [2.24, 2.45) is 0 Å². The van der Waals surface area contributed by atoms with E-state index in [4.69, 9.17) is 0 Å². The van der Waals surface area contributed by atoms with E-state index in [2.05, 4.69) is 5.32 Å². The number of nitrogens with zero attached hydrogens (tertiary/aromatic N) is 2. The van der Waals surface area contributed by atoms with Crippen molar-refractivity contribution >= 4 is 11.8 Å². The molecule has 2 saturated heterocycles. The molecule has 2 unspecified atom stereocenters. The van der Waals surface area contributed by atoms with E-state index in [1.807, 2.05) is 23.6 Å². The van der Waals surface area contributed by atoms with Crippen LogP contribution in [0.1, 0.15) is 52.4 Å². The molecule has 2 fully saturated rings. The highest BCUT2D eigenvalue weighted by molar-refractivity contribution is 5.85. The molecule has 2 aliphatic heterocycles. The number of amides is 2. The van der Waals surface area contributed by atoms with Crippen molar-refractivity contribution in [3.05, 3.63) is 0 Å². The Morgan fingerprint density at radius 3 is 1.43 bits per heavy atom. The van der Waals surface area contributed by atoms with Crippen LogP contribution in [0.25, 0.3) is 0 Å². The number of hydrogen-bond acceptors (Lipinski definition) is 3. The molecule has 0 spiro atoms. The third kappa shape index (κ3) is 4.43. The van der Waals surface area contributed by atoms with Gasteiger partial charge >= 0.3 is 0 Å². The lowest BCUT2D eigenvalue weighted by atomic mass is 10.2. The van der Waals surface area contributed by atoms with Gasteiger partial charge in [0.1, 0.15) is 0 Å². The number of rotatable bonds is 4. The van der Waals surface area contributed by atoms with E-state index in [0.717, 1.165) is 51.9 Å². The fraction of sp³-hybridized carbons (Fsp3) is 0.875. The second-order valence-electron chi connectivity index (χ2n) is 6.38. The highest BCUT2D eigenvalue weighted by Crippen LogP contribution is 2.12. The summed E-state index contributed by atoms with van der Waals surface area (Å²) in [5.74, 6) is 0.265. The summed E-state index contributed by atoms with van der Waals surface area (Å²) in [7, 11) is 0. The Hall–Kier alpha value is -1.10. The van der Waals surface area contributed by atoms with Crippen LogP contribution in [0.2, 0.25) is 0 Å². The minimum Gasteiger partial charge on any atom is -0.341 e. The molecule has 5 nitrogen and oxygen atoms in total. The molecule has 0 aromatic heterocycles. The standard InChI is InChI=1S/C16H29N3O2/c1-13(15(20)18-9-5-3-4-6-10-18)17-14(2)16(21)19-11-7-8-12-19/h13-14,17H,3-12H2,1-2H3. The van der Waals surface area contributed by atoms with Gasteiger partial charge in [0.15, 0.2) is 0 Å². The van der Waals surface area contributed by atoms with Gasteiger partial charge in [0.25, 0.3) is 0 Å². The van der Waals surface area contributed by atoms with E-state index in [9.17, 15) is 9.59 Å². The summed E-state index contributed by atoms with van der Waals surface area (Å²) >= 11 is 0. The summed E-state index contributed by atoms with van der Waals surface area (Å²) < 4.78 is 0. The Morgan fingerprint density at radius 1 is 0.714 bits per heavy atom. The van der Waals surface area contributed by atoms with Crippen molar-refractivity contribution in [2.75, 3.05) is 26.2 Å². The van der Waals surface area contributed by atoms with E-state index < -0.39 is 0 Å². The first-order valence-corrected chi connectivity index (χ1v) is 8.43. The van der Waals surface area contributed by atoms with Crippen molar-refractivity contribution in [2.45, 2.75) is 64.5 Å². The average molecular weight is 295 g/mol. The third-order valence-electron chi connectivity index (χ3n) is 4.58. The lowest BCUT2D eigenvalue weighted by Crippen LogP contribution is -2.52. The van der Waals surface area contributed by atoms with Gasteiger partial charge in [0.05, 0.1) is 12.1 Å². The van der Waals surface area contributed by atoms with Crippen LogP contribution in [0, 0.1) is 0 Å². The number of nitrogens with one attached hydrogen (secondary N) is 1. The minimum absolute atomic E-state index is 0.128. The summed E-state index contributed by atoms with van der Waals surface area (Å²) in [5.41, 5.74) is 0. The van der Waals surface area contributed by atoms with E-state index in [-0.39, 0.29) is 23.9 Å². The van der Waals surface area contributed by atoms with Crippen molar-refractivity contribution in [3.63, 3.8) is 0 Å². The molecule has 2 heterocycles. The van der Waals surface area contributed by atoms with Crippen LogP contribution in [-0.2, 0) is 9.59 Å². The quantitative estimate of drug-likeness (QED) is 0.852. The van der Waals surface area contributed by atoms with Gasteiger partial charge in [-0.05, 0) is 39.5 Å². The fourth-order valence-electron chi connectivity index (χ4n) is 3.29. The lowest BCUT2D eigenvalue weighted by molar-refractivity contribution is -0.135. The Balaban J connectivity index is 1.82. The molecule has 0 aliphatic carbocycles. The molecule has 2 rings (SSSR count). The maximum Gasteiger partial charge on any atom is 0.239 e. The molecule has 0 bridgehead atoms. The van der Waals surface area contributed by atoms with Gasteiger partial charge < -0.3 is 9.80 Å². The Labute approximate surface area is 128 Å². The zero-order valence-corrected chi connectivity index (χ0v) is 13.4. The maximum atomic E-state index is 12.5. The molecule has 1 N–H and O–H groups in total. The SMILES string of the molecule is CC(NC(C)C(=O)N1CCCC1)C(=O)N1CCCCCC1. The van der Waals surface area contributed by atoms with Gasteiger partial charge in [0.2, 0.25) is 11.8 Å². The van der Waals surface area contributed by atoms with Crippen LogP contribution in [0.15, 0.2) is 0 Å². The molecule has 2 amide bonds. The summed E-state index contributed by atoms with van der Waals surface area (Å²) in [6.07, 6.45) is 6.83. The van der Waals surface area contributed by atoms with E-state index in [0.29, 0.717) is 0 Å². The van der Waals surface area contributed by atoms with Gasteiger partial charge in [-0.3, -0.25) is 14.9 Å². The summed E-state index contributed by atoms with van der Waals surface area (Å²) in [6.45, 7) is 7.19. The number of likely N-dealkylation sites (tertiary alicyclic amines) is 2. The van der Waals surface area contributed by atoms with Crippen molar-refractivity contribution in [3.8, 4) is 0 Å². The van der Waals surface area contributed by atoms with Crippen LogP contribution < -0.4 is 5.32 Å². The molecule has 2 aliphatic rings. The maximum absolute atomic E-state index is 12.5. The highest BCUT2D eigenvalue weighted by Gasteiger charge is 2.27. The molecule has 0 radical (unpaired) electrons. The van der Waals surface area contributed by atoms with Crippen LogP contribution in [0.4, 0.5) is 0 Å². The predicted octanol–water partition coefficient (Wildman–Crippen LogP) is 1.38. The highest BCUT2D eigenvalue weighted by atomic mass is 16.2. The Morgan fingerprint density at radius 2 is 1.05 bits per heavy atom. The van der Waals surface area contributed by atoms with Gasteiger partial charge in [-0.2, -0.15) is 0 Å². The van der Waals surface area contributed by atoms with E-state index >= 15 is 0 Å². The van der Waals surface area contributed by atoms with Crippen molar-refractivity contribution in [1.82, 2.24) is 15.1 Å². The van der Waals surface area contributed by atoms with Gasteiger partial charge in [0, 0.05) is 26.2 Å². The Kier molecular flexibility index (Phi) is 6.03. The molecule has 21 heavy (non-hydrogen) atoms. The van der Waals surface area contributed by atoms with Crippen LogP contribution >= 0.6 is 0 Å². The number of carbonyl (C=O) groups excluding carboxylic acids is 2. The van der Waals surface area contributed by atoms with E-state index in [1.54, 1.807) is 0 Å². The summed E-state index contributed by atoms with van der Waals surface area (Å²) in [4.78, 5) is 28.6. The fourth-order valence-corrected chi connectivity index (χ4v) is 3.29. The van der Waals surface area contributed by atoms with Gasteiger partial charge in [-0.1, -0.05) is 12.8 Å². The van der Waals surface area contributed by atoms with Crippen LogP contribution in [0.3, 0.4) is 0 Å². The van der Waals surface area contributed by atoms with Gasteiger partial charge in [-0.15, -0.1) is 0 Å². The van der Waals surface area contributed by atoms with Crippen molar-refractivity contribution < 1.29 is 9.59 Å². The molecule has 120 valence electrons. The molecule has 0 aromatic carbocycles. The summed E-state index contributed by atoms with van der Waals surface area (Å²) in [5, 5.41) is 3.19. The molecule has 5 heteroatoms. The van der Waals surface area contributed by atoms with Crippen LogP contribution in [0.5, 0.6) is 0 Å². The largest absolute Gasteiger partial charge is 0.341 e. The number of hydrogen-bond donors (Lipinski definition) is 1. The zero-order valence-electron chi connectivity index (χ0n) is 13.4. The lowest BCUT2D eigenvalue weighted by Gasteiger charge is -2.28. The first-order chi connectivity index (χ1) is 10.1. The van der Waals surface area contributed by atoms with E-state index in [1.165, 1.54) is 12.8 Å². The molecular weight excluding hydrogens is 266 g/mol. The third-order valence-corrected chi connectivity index (χ3v) is 4.58. The Bertz CT molecular complexity index is 359. The first kappa shape index (κ1) is 16.3. The average Bonchev–Trinajstić information content (AvgIpc) is 2.88. The monoisotopic (exact) mass is 295 g/mol. The van der Waals surface area contributed by atoms with Crippen LogP contribution in [-0.4, -0.2) is 59.9 Å². The molecule has 2 atom stereocenters. The molecule has 0 saturated carbocycles. The molecule has 0 aromatic rings. The topological polar surface area (TPSA) is 52.7 Å². The van der Waals surface area contributed by atoms with Gasteiger partial charge in [-0.25, -0.2) is 0 Å². The second-order valence-corrected chi connectivity index (χ2v) is 6.38. The number of carbonyl (C=O) groups is 2. The predicted molar refractivity (Wildman–Crippen MR) is 82.9 cm³/mol. The minimum atomic E-state index is -0.287. The zero-order chi connectivity index (χ0) is 15.2. The van der Waals surface area contributed by atoms with Crippen molar-refractivity contribution in [1.29, 1.82) is 0 Å². The summed E-state index contributed by atoms with van der Waals surface area (Å²) in [6, 6.07) is -0.571. The molecular formula is C16H29N3O2.